The number of hydrogen-bond donors (Lipinski definition) is 0. The van der Waals surface area contributed by atoms with Crippen LogP contribution in [0.25, 0.3) is 11.4 Å². The molecule has 3 rings (SSSR count). The van der Waals surface area contributed by atoms with Gasteiger partial charge < -0.3 is 9.42 Å². The molecule has 1 aliphatic rings. The van der Waals surface area contributed by atoms with Crippen molar-refractivity contribution in [2.45, 2.75) is 30.1 Å². The zero-order chi connectivity index (χ0) is 15.5. The molecule has 1 aliphatic heterocycles. The summed E-state index contributed by atoms with van der Waals surface area (Å²) < 4.78 is 5.38. The van der Waals surface area contributed by atoms with E-state index in [0.29, 0.717) is 18.3 Å². The van der Waals surface area contributed by atoms with Gasteiger partial charge in [-0.15, -0.1) is 0 Å². The quantitative estimate of drug-likeness (QED) is 0.801. The molecule has 22 heavy (non-hydrogen) atoms. The molecule has 0 radical (unpaired) electrons. The van der Waals surface area contributed by atoms with Crippen LogP contribution >= 0.6 is 23.2 Å². The van der Waals surface area contributed by atoms with Crippen LogP contribution in [0.15, 0.2) is 34.9 Å². The number of carbonyl (C=O) groups is 1. The van der Waals surface area contributed by atoms with Crippen molar-refractivity contribution in [1.82, 2.24) is 15.0 Å². The minimum atomic E-state index is -1.07. The maximum Gasteiger partial charge on any atom is 0.256 e. The third kappa shape index (κ3) is 3.10. The number of halogens is 2. The first-order chi connectivity index (χ1) is 10.7. The highest BCUT2D eigenvalue weighted by atomic mass is 35.5. The smallest absolute Gasteiger partial charge is 0.256 e. The summed E-state index contributed by atoms with van der Waals surface area (Å²) in [5.74, 6) is 0.634. The monoisotopic (exact) mass is 339 g/mol. The van der Waals surface area contributed by atoms with E-state index in [1.807, 2.05) is 30.3 Å². The van der Waals surface area contributed by atoms with Gasteiger partial charge in [0.15, 0.2) is 4.84 Å². The average molecular weight is 340 g/mol. The topological polar surface area (TPSA) is 59.2 Å². The normalized spacial score (nSPS) is 18.7. The molecule has 7 heteroatoms. The summed E-state index contributed by atoms with van der Waals surface area (Å²) in [6.07, 6.45) is 2.68. The number of aromatic nitrogens is 2. The first-order valence-corrected chi connectivity index (χ1v) is 8.02. The number of benzene rings is 1. The second kappa shape index (κ2) is 6.67. The summed E-state index contributed by atoms with van der Waals surface area (Å²) in [5.41, 5.74) is 0.874. The molecule has 2 aromatic rings. The highest BCUT2D eigenvalue weighted by Gasteiger charge is 2.34. The average Bonchev–Trinajstić information content (AvgIpc) is 3.05. The van der Waals surface area contributed by atoms with Crippen LogP contribution in [0, 0.1) is 0 Å². The van der Waals surface area contributed by atoms with E-state index in [0.717, 1.165) is 24.8 Å². The maximum absolute atomic E-state index is 12.1. The standard InChI is InChI=1S/C15H15Cl2N3O2/c16-12(17)15(21)20-9-5-4-8-11(20)14-18-13(19-22-14)10-6-2-1-3-7-10/h1-3,6-7,11-12H,4-5,8-9H2/t11-/m1/s1. The molecule has 0 aliphatic carbocycles. The van der Waals surface area contributed by atoms with Crippen molar-refractivity contribution < 1.29 is 9.32 Å². The van der Waals surface area contributed by atoms with Crippen molar-refractivity contribution in [3.8, 4) is 11.4 Å². The zero-order valence-corrected chi connectivity index (χ0v) is 13.3. The lowest BCUT2D eigenvalue weighted by molar-refractivity contribution is -0.133. The van der Waals surface area contributed by atoms with Gasteiger partial charge in [0, 0.05) is 12.1 Å². The molecule has 0 spiro atoms. The molecule has 0 N–H and O–H groups in total. The van der Waals surface area contributed by atoms with E-state index < -0.39 is 4.84 Å². The first-order valence-electron chi connectivity index (χ1n) is 7.14. The van der Waals surface area contributed by atoms with E-state index in [4.69, 9.17) is 27.7 Å². The van der Waals surface area contributed by atoms with Gasteiger partial charge >= 0.3 is 0 Å². The Bertz CT molecular complexity index is 645. The molecule has 1 aromatic carbocycles. The molecule has 2 heterocycles. The van der Waals surface area contributed by atoms with Crippen molar-refractivity contribution in [3.05, 3.63) is 36.2 Å². The minimum absolute atomic E-state index is 0.258. The molecule has 0 bridgehead atoms. The maximum atomic E-state index is 12.1. The molecule has 1 atom stereocenters. The highest BCUT2D eigenvalue weighted by molar-refractivity contribution is 6.53. The Morgan fingerprint density at radius 3 is 2.77 bits per heavy atom. The molecular weight excluding hydrogens is 325 g/mol. The number of nitrogens with zero attached hydrogens (tertiary/aromatic N) is 3. The Morgan fingerprint density at radius 1 is 1.27 bits per heavy atom. The van der Waals surface area contributed by atoms with Gasteiger partial charge in [0.2, 0.25) is 11.7 Å². The lowest BCUT2D eigenvalue weighted by Gasteiger charge is -2.33. The fraction of sp³-hybridized carbons (Fsp3) is 0.400. The first kappa shape index (κ1) is 15.3. The molecule has 0 saturated carbocycles. The Hall–Kier alpha value is -1.59. The molecular formula is C15H15Cl2N3O2. The van der Waals surface area contributed by atoms with Crippen molar-refractivity contribution in [3.63, 3.8) is 0 Å². The molecule has 1 saturated heterocycles. The second-order valence-electron chi connectivity index (χ2n) is 5.17. The van der Waals surface area contributed by atoms with Crippen LogP contribution < -0.4 is 0 Å². The van der Waals surface area contributed by atoms with E-state index in [9.17, 15) is 4.79 Å². The van der Waals surface area contributed by atoms with Gasteiger partial charge in [-0.3, -0.25) is 4.79 Å². The van der Waals surface area contributed by atoms with Crippen LogP contribution in [-0.2, 0) is 4.79 Å². The van der Waals surface area contributed by atoms with E-state index in [1.54, 1.807) is 4.90 Å². The second-order valence-corrected chi connectivity index (χ2v) is 6.26. The number of piperidine rings is 1. The third-order valence-electron chi connectivity index (χ3n) is 3.73. The van der Waals surface area contributed by atoms with Crippen LogP contribution in [0.5, 0.6) is 0 Å². The number of likely N-dealkylation sites (tertiary alicyclic amines) is 1. The number of rotatable bonds is 3. The van der Waals surface area contributed by atoms with Crippen molar-refractivity contribution in [2.24, 2.45) is 0 Å². The fourth-order valence-corrected chi connectivity index (χ4v) is 2.90. The van der Waals surface area contributed by atoms with Crippen molar-refractivity contribution in [1.29, 1.82) is 0 Å². The summed E-state index contributed by atoms with van der Waals surface area (Å²) in [6.45, 7) is 0.600. The minimum Gasteiger partial charge on any atom is -0.337 e. The van der Waals surface area contributed by atoms with Gasteiger partial charge in [0.25, 0.3) is 5.91 Å². The number of amides is 1. The number of carbonyl (C=O) groups excluding carboxylic acids is 1. The van der Waals surface area contributed by atoms with E-state index in [-0.39, 0.29) is 11.9 Å². The lowest BCUT2D eigenvalue weighted by atomic mass is 10.0. The van der Waals surface area contributed by atoms with Gasteiger partial charge in [-0.25, -0.2) is 0 Å². The van der Waals surface area contributed by atoms with Gasteiger partial charge in [-0.05, 0) is 19.3 Å². The summed E-state index contributed by atoms with van der Waals surface area (Å²) in [5, 5.41) is 4.01. The van der Waals surface area contributed by atoms with Crippen LogP contribution in [0.4, 0.5) is 0 Å². The largest absolute Gasteiger partial charge is 0.337 e. The molecule has 1 fully saturated rings. The Kier molecular flexibility index (Phi) is 4.64. The van der Waals surface area contributed by atoms with E-state index >= 15 is 0 Å². The van der Waals surface area contributed by atoms with Gasteiger partial charge in [0.1, 0.15) is 6.04 Å². The lowest BCUT2D eigenvalue weighted by Crippen LogP contribution is -2.41. The van der Waals surface area contributed by atoms with Gasteiger partial charge in [-0.2, -0.15) is 4.98 Å². The van der Waals surface area contributed by atoms with Crippen LogP contribution in [0.3, 0.4) is 0 Å². The SMILES string of the molecule is O=C(C(Cl)Cl)N1CCCC[C@@H]1c1nc(-c2ccccc2)no1. The van der Waals surface area contributed by atoms with Crippen molar-refractivity contribution in [2.75, 3.05) is 6.54 Å². The Balaban J connectivity index is 1.86. The molecule has 116 valence electrons. The van der Waals surface area contributed by atoms with Crippen molar-refractivity contribution >= 4 is 29.1 Å². The fourth-order valence-electron chi connectivity index (χ4n) is 2.65. The van der Waals surface area contributed by atoms with Crippen LogP contribution in [0.1, 0.15) is 31.2 Å². The van der Waals surface area contributed by atoms with Crippen LogP contribution in [0.2, 0.25) is 0 Å². The number of alkyl halides is 2. The Labute approximate surface area is 138 Å². The number of hydrogen-bond acceptors (Lipinski definition) is 4. The molecule has 0 unspecified atom stereocenters. The Morgan fingerprint density at radius 2 is 2.05 bits per heavy atom. The summed E-state index contributed by atoms with van der Waals surface area (Å²) in [7, 11) is 0. The highest BCUT2D eigenvalue weighted by Crippen LogP contribution is 2.32. The van der Waals surface area contributed by atoms with Gasteiger partial charge in [0.05, 0.1) is 0 Å². The van der Waals surface area contributed by atoms with Crippen LogP contribution in [-0.4, -0.2) is 32.3 Å². The predicted octanol–water partition coefficient (Wildman–Crippen LogP) is 3.59. The van der Waals surface area contributed by atoms with E-state index in [1.165, 1.54) is 0 Å². The molecule has 1 aromatic heterocycles. The third-order valence-corrected chi connectivity index (χ3v) is 4.10. The van der Waals surface area contributed by atoms with E-state index in [2.05, 4.69) is 10.1 Å². The predicted molar refractivity (Wildman–Crippen MR) is 83.5 cm³/mol. The molecule has 1 amide bonds. The van der Waals surface area contributed by atoms with Gasteiger partial charge in [-0.1, -0.05) is 58.7 Å². The molecule has 5 nitrogen and oxygen atoms in total. The zero-order valence-electron chi connectivity index (χ0n) is 11.8. The summed E-state index contributed by atoms with van der Waals surface area (Å²) in [6, 6.07) is 9.30. The summed E-state index contributed by atoms with van der Waals surface area (Å²) in [4.78, 5) is 17.1. The summed E-state index contributed by atoms with van der Waals surface area (Å²) >= 11 is 11.4.